The van der Waals surface area contributed by atoms with Crippen molar-refractivity contribution in [2.75, 3.05) is 13.1 Å². The quantitative estimate of drug-likeness (QED) is 0.489. The molecule has 0 N–H and O–H groups in total. The van der Waals surface area contributed by atoms with E-state index in [-0.39, 0.29) is 5.82 Å². The highest BCUT2D eigenvalue weighted by Gasteiger charge is 2.43. The molecule has 0 bridgehead atoms. The molecule has 1 aliphatic carbocycles. The van der Waals surface area contributed by atoms with Gasteiger partial charge in [0.1, 0.15) is 12.1 Å². The Bertz CT molecular complexity index is 1100. The molecular formula is C21H20FN5OS. The number of hydrogen-bond acceptors (Lipinski definition) is 5. The molecular weight excluding hydrogens is 389 g/mol. The van der Waals surface area contributed by atoms with Crippen LogP contribution in [0.25, 0.3) is 11.8 Å². The molecule has 2 aromatic heterocycles. The van der Waals surface area contributed by atoms with Crippen LogP contribution in [-0.2, 0) is 18.3 Å². The number of halogens is 1. The molecule has 0 radical (unpaired) electrons. The smallest absolute Gasteiger partial charge is 0.131 e. The van der Waals surface area contributed by atoms with Crippen molar-refractivity contribution in [2.45, 2.75) is 17.7 Å². The molecule has 5 rings (SSSR count). The van der Waals surface area contributed by atoms with E-state index >= 15 is 0 Å². The fraction of sp³-hybridized carbons (Fsp3) is 0.286. The lowest BCUT2D eigenvalue weighted by atomic mass is 9.70. The van der Waals surface area contributed by atoms with Crippen molar-refractivity contribution in [1.29, 1.82) is 0 Å². The van der Waals surface area contributed by atoms with Gasteiger partial charge in [-0.2, -0.15) is 10.2 Å². The summed E-state index contributed by atoms with van der Waals surface area (Å²) in [7, 11) is 1.90. The average molecular weight is 409 g/mol. The van der Waals surface area contributed by atoms with Crippen LogP contribution >= 0.6 is 11.9 Å². The Kier molecular flexibility index (Phi) is 4.40. The zero-order valence-corrected chi connectivity index (χ0v) is 16.8. The molecule has 1 atom stereocenters. The van der Waals surface area contributed by atoms with Gasteiger partial charge < -0.3 is 4.79 Å². The molecule has 1 saturated heterocycles. The Labute approximate surface area is 172 Å². The largest absolute Gasteiger partial charge is 0.302 e. The minimum absolute atomic E-state index is 0.272. The lowest BCUT2D eigenvalue weighted by Gasteiger charge is -2.42. The molecule has 3 aromatic rings. The Balaban J connectivity index is 1.45. The molecule has 8 heteroatoms. The van der Waals surface area contributed by atoms with Crippen molar-refractivity contribution in [1.82, 2.24) is 23.9 Å². The van der Waals surface area contributed by atoms with Crippen LogP contribution < -0.4 is 0 Å². The van der Waals surface area contributed by atoms with Crippen molar-refractivity contribution >= 4 is 24.3 Å². The standard InChI is InChI=1S/C21H20FN5OS/c1-25-12-19(11-23-25)29-26-7-6-16-8-20-15(9-21(16,13-26)14-28)10-24-27(20)18-4-2-17(22)3-5-18/h2-5,8,10-12,14H,6-7,9,13H2,1H3. The summed E-state index contributed by atoms with van der Waals surface area (Å²) in [6.45, 7) is 1.52. The van der Waals surface area contributed by atoms with E-state index in [0.29, 0.717) is 13.0 Å². The number of nitrogens with zero attached hydrogens (tertiary/aromatic N) is 5. The van der Waals surface area contributed by atoms with Gasteiger partial charge in [0.05, 0.1) is 34.1 Å². The van der Waals surface area contributed by atoms with Crippen molar-refractivity contribution < 1.29 is 9.18 Å². The van der Waals surface area contributed by atoms with E-state index in [0.717, 1.165) is 46.7 Å². The third-order valence-corrected chi connectivity index (χ3v) is 6.64. The summed E-state index contributed by atoms with van der Waals surface area (Å²) >= 11 is 1.65. The number of hydrogen-bond donors (Lipinski definition) is 0. The van der Waals surface area contributed by atoms with Crippen LogP contribution in [0.2, 0.25) is 0 Å². The third-order valence-electron chi connectivity index (χ3n) is 5.64. The number of carbonyl (C=O) groups is 1. The lowest BCUT2D eigenvalue weighted by Crippen LogP contribution is -2.45. The fourth-order valence-electron chi connectivity index (χ4n) is 4.18. The van der Waals surface area contributed by atoms with E-state index in [4.69, 9.17) is 0 Å². The maximum atomic E-state index is 13.3. The van der Waals surface area contributed by atoms with Gasteiger partial charge in [-0.1, -0.05) is 5.57 Å². The average Bonchev–Trinajstić information content (AvgIpc) is 3.32. The number of aldehydes is 1. The molecule has 3 heterocycles. The van der Waals surface area contributed by atoms with Gasteiger partial charge in [0.15, 0.2) is 0 Å². The Morgan fingerprint density at radius 1 is 1.21 bits per heavy atom. The van der Waals surface area contributed by atoms with E-state index < -0.39 is 5.41 Å². The fourth-order valence-corrected chi connectivity index (χ4v) is 5.25. The highest BCUT2D eigenvalue weighted by atomic mass is 32.2. The zero-order valence-electron chi connectivity index (χ0n) is 16.0. The minimum atomic E-state index is -0.531. The van der Waals surface area contributed by atoms with E-state index in [2.05, 4.69) is 20.6 Å². The maximum absolute atomic E-state index is 13.3. The van der Waals surface area contributed by atoms with Crippen LogP contribution in [0.3, 0.4) is 0 Å². The van der Waals surface area contributed by atoms with Crippen LogP contribution in [0.4, 0.5) is 4.39 Å². The predicted molar refractivity (Wildman–Crippen MR) is 109 cm³/mol. The Hall–Kier alpha value is -2.71. The molecule has 0 spiro atoms. The van der Waals surface area contributed by atoms with E-state index in [1.165, 1.54) is 12.1 Å². The minimum Gasteiger partial charge on any atom is -0.302 e. The summed E-state index contributed by atoms with van der Waals surface area (Å²) in [5, 5.41) is 8.74. The Morgan fingerprint density at radius 2 is 2.03 bits per heavy atom. The first kappa shape index (κ1) is 18.3. The molecule has 2 aliphatic rings. The molecule has 6 nitrogen and oxygen atoms in total. The molecule has 1 fully saturated rings. The van der Waals surface area contributed by atoms with E-state index in [9.17, 15) is 9.18 Å². The predicted octanol–water partition coefficient (Wildman–Crippen LogP) is 3.28. The molecule has 1 unspecified atom stereocenters. The first-order valence-electron chi connectivity index (χ1n) is 9.48. The molecule has 0 saturated carbocycles. The van der Waals surface area contributed by atoms with Gasteiger partial charge in [0.2, 0.25) is 0 Å². The number of carbonyl (C=O) groups excluding carboxylic acids is 1. The molecule has 29 heavy (non-hydrogen) atoms. The first-order chi connectivity index (χ1) is 14.1. The van der Waals surface area contributed by atoms with Gasteiger partial charge >= 0.3 is 0 Å². The molecule has 1 aliphatic heterocycles. The summed E-state index contributed by atoms with van der Waals surface area (Å²) < 4.78 is 19.1. The van der Waals surface area contributed by atoms with E-state index in [1.807, 2.05) is 30.3 Å². The number of fused-ring (bicyclic) bond motifs is 2. The van der Waals surface area contributed by atoms with Gasteiger partial charge in [-0.25, -0.2) is 13.4 Å². The number of aromatic nitrogens is 4. The highest BCUT2D eigenvalue weighted by molar-refractivity contribution is 7.97. The number of benzene rings is 1. The summed E-state index contributed by atoms with van der Waals surface area (Å²) in [6, 6.07) is 6.30. The summed E-state index contributed by atoms with van der Waals surface area (Å²) in [4.78, 5) is 13.4. The number of aryl methyl sites for hydroxylation is 1. The van der Waals surface area contributed by atoms with E-state index in [1.54, 1.807) is 28.8 Å². The van der Waals surface area contributed by atoms with Crippen LogP contribution in [0.15, 0.2) is 53.3 Å². The molecule has 148 valence electrons. The van der Waals surface area contributed by atoms with Crippen LogP contribution in [0.1, 0.15) is 17.7 Å². The van der Waals surface area contributed by atoms with Gasteiger partial charge in [-0.3, -0.25) is 4.68 Å². The van der Waals surface area contributed by atoms with Gasteiger partial charge in [-0.05, 0) is 60.7 Å². The van der Waals surface area contributed by atoms with Crippen molar-refractivity contribution in [3.8, 4) is 5.69 Å². The van der Waals surface area contributed by atoms with Crippen molar-refractivity contribution in [3.63, 3.8) is 0 Å². The highest BCUT2D eigenvalue weighted by Crippen LogP contribution is 2.44. The maximum Gasteiger partial charge on any atom is 0.131 e. The summed E-state index contributed by atoms with van der Waals surface area (Å²) in [5.41, 5.74) is 3.45. The molecule has 1 aromatic carbocycles. The van der Waals surface area contributed by atoms with Crippen LogP contribution in [-0.4, -0.2) is 43.2 Å². The second kappa shape index (κ2) is 6.96. The first-order valence-corrected chi connectivity index (χ1v) is 10.3. The topological polar surface area (TPSA) is 56.0 Å². The monoisotopic (exact) mass is 409 g/mol. The number of piperidine rings is 1. The summed E-state index contributed by atoms with van der Waals surface area (Å²) in [6.07, 6.45) is 10.3. The lowest BCUT2D eigenvalue weighted by molar-refractivity contribution is -0.115. The SMILES string of the molecule is Cn1cc(SN2CCC3=Cc4c(cnn4-c4ccc(F)cc4)CC3(C=O)C2)cn1. The van der Waals surface area contributed by atoms with Crippen molar-refractivity contribution in [2.24, 2.45) is 12.5 Å². The van der Waals surface area contributed by atoms with Gasteiger partial charge in [-0.15, -0.1) is 0 Å². The van der Waals surface area contributed by atoms with Crippen LogP contribution in [0.5, 0.6) is 0 Å². The normalized spacial score (nSPS) is 21.4. The van der Waals surface area contributed by atoms with Gasteiger partial charge in [0, 0.05) is 26.3 Å². The number of rotatable bonds is 4. The zero-order chi connectivity index (χ0) is 20.0. The van der Waals surface area contributed by atoms with Crippen molar-refractivity contribution in [3.05, 3.63) is 65.5 Å². The second-order valence-electron chi connectivity index (χ2n) is 7.62. The molecule has 0 amide bonds. The second-order valence-corrected chi connectivity index (χ2v) is 8.79. The van der Waals surface area contributed by atoms with Gasteiger partial charge in [0.25, 0.3) is 0 Å². The van der Waals surface area contributed by atoms with Crippen LogP contribution in [0, 0.1) is 11.2 Å². The third kappa shape index (κ3) is 3.22. The summed E-state index contributed by atoms with van der Waals surface area (Å²) in [5.74, 6) is -0.272. The Morgan fingerprint density at radius 3 is 2.76 bits per heavy atom.